The van der Waals surface area contributed by atoms with Crippen molar-refractivity contribution in [2.75, 3.05) is 26.4 Å². The fourth-order valence-corrected chi connectivity index (χ4v) is 14.1. The van der Waals surface area contributed by atoms with Crippen LogP contribution in [0.3, 0.4) is 0 Å². The van der Waals surface area contributed by atoms with Crippen molar-refractivity contribution in [3.8, 4) is 0 Å². The molecule has 17 unspecified atom stereocenters. The average molecular weight is 1450 g/mol. The lowest BCUT2D eigenvalue weighted by atomic mass is 9.96. The Morgan fingerprint density at radius 2 is 0.647 bits per heavy atom. The van der Waals surface area contributed by atoms with Gasteiger partial charge in [0.15, 0.2) is 18.9 Å². The molecule has 0 aromatic carbocycles. The van der Waals surface area contributed by atoms with Gasteiger partial charge in [-0.1, -0.05) is 326 Å². The van der Waals surface area contributed by atoms with Gasteiger partial charge in [-0.25, -0.2) is 0 Å². The van der Waals surface area contributed by atoms with E-state index in [1.54, 1.807) is 6.08 Å². The molecular weight excluding hydrogens is 1300 g/mol. The van der Waals surface area contributed by atoms with Crippen LogP contribution in [-0.2, 0) is 33.2 Å². The smallest absolute Gasteiger partial charge is 0.220 e. The highest BCUT2D eigenvalue weighted by Gasteiger charge is 2.54. The van der Waals surface area contributed by atoms with Crippen molar-refractivity contribution >= 4 is 5.91 Å². The van der Waals surface area contributed by atoms with E-state index in [-0.39, 0.29) is 18.9 Å². The Morgan fingerprint density at radius 1 is 0.353 bits per heavy atom. The summed E-state index contributed by atoms with van der Waals surface area (Å²) >= 11 is 0. The molecule has 1 amide bonds. The minimum Gasteiger partial charge on any atom is -0.394 e. The molecule has 0 aliphatic carbocycles. The van der Waals surface area contributed by atoms with Gasteiger partial charge < -0.3 is 89.9 Å². The molecule has 17 atom stereocenters. The number of nitrogens with one attached hydrogen (secondary N) is 1. The van der Waals surface area contributed by atoms with E-state index in [0.29, 0.717) is 6.42 Å². The number of unbranched alkanes of at least 4 members (excludes halogenated alkanes) is 45. The summed E-state index contributed by atoms with van der Waals surface area (Å²) in [5.41, 5.74) is 0. The maximum Gasteiger partial charge on any atom is 0.220 e. The number of carbonyl (C=O) groups is 1. The predicted octanol–water partition coefficient (Wildman–Crippen LogP) is 14.5. The molecular formula is C83H153NO18. The maximum atomic E-state index is 13.5. The molecule has 12 N–H and O–H groups in total. The number of rotatable bonds is 67. The normalized spacial score (nSPS) is 26.4. The van der Waals surface area contributed by atoms with Gasteiger partial charge in [0.2, 0.25) is 5.91 Å². The lowest BCUT2D eigenvalue weighted by molar-refractivity contribution is -0.379. The molecule has 0 aromatic heterocycles. The first-order valence-corrected chi connectivity index (χ1v) is 41.9. The van der Waals surface area contributed by atoms with Crippen molar-refractivity contribution in [1.29, 1.82) is 0 Å². The number of aliphatic hydroxyl groups is 11. The highest BCUT2D eigenvalue weighted by Crippen LogP contribution is 2.33. The lowest BCUT2D eigenvalue weighted by Gasteiger charge is -2.48. The molecule has 0 spiro atoms. The fraction of sp³-hybridized carbons (Fsp3) is 0.892. The zero-order chi connectivity index (χ0) is 73.9. The van der Waals surface area contributed by atoms with Crippen molar-refractivity contribution in [2.45, 2.75) is 446 Å². The van der Waals surface area contributed by atoms with Crippen LogP contribution in [0.4, 0.5) is 0 Å². The number of ether oxygens (including phenoxy) is 6. The number of hydrogen-bond acceptors (Lipinski definition) is 18. The lowest BCUT2D eigenvalue weighted by Crippen LogP contribution is -2.66. The third kappa shape index (κ3) is 43.1. The van der Waals surface area contributed by atoms with Crippen LogP contribution < -0.4 is 5.32 Å². The third-order valence-corrected chi connectivity index (χ3v) is 20.9. The van der Waals surface area contributed by atoms with Crippen LogP contribution in [0.15, 0.2) is 48.6 Å². The van der Waals surface area contributed by atoms with E-state index in [4.69, 9.17) is 28.4 Å². The SMILES string of the molecule is CCCCCCC/C=C\C/C=C\C/C=C\CCCCCCCCCCCCCCCCC(=O)NC(COC1OC(CO)C(OC2OC(CO)C(OC3OC(CO)C(O)C(O)C3O)C(O)C2O)C(O)C1O)C(O)/C=C/CCCCCCCCCCCCCCCCCCCCCCCCCCCC. The second kappa shape index (κ2) is 63.7. The molecule has 3 rings (SSSR count). The summed E-state index contributed by atoms with van der Waals surface area (Å²) in [5.74, 6) is -0.272. The van der Waals surface area contributed by atoms with E-state index in [0.717, 1.165) is 57.8 Å². The Morgan fingerprint density at radius 3 is 1.01 bits per heavy atom. The largest absolute Gasteiger partial charge is 0.394 e. The minimum absolute atomic E-state index is 0.243. The van der Waals surface area contributed by atoms with E-state index < -0.39 is 124 Å². The second-order valence-electron chi connectivity index (χ2n) is 29.9. The molecule has 19 heteroatoms. The van der Waals surface area contributed by atoms with Gasteiger partial charge in [0, 0.05) is 6.42 Å². The molecule has 0 radical (unpaired) electrons. The van der Waals surface area contributed by atoms with E-state index in [1.165, 1.54) is 257 Å². The highest BCUT2D eigenvalue weighted by atomic mass is 16.8. The average Bonchev–Trinajstić information content (AvgIpc) is 0.766. The first-order chi connectivity index (χ1) is 49.8. The Balaban J connectivity index is 1.37. The van der Waals surface area contributed by atoms with Gasteiger partial charge in [-0.3, -0.25) is 4.79 Å². The van der Waals surface area contributed by atoms with E-state index in [9.17, 15) is 61.0 Å². The van der Waals surface area contributed by atoms with Crippen LogP contribution in [0.5, 0.6) is 0 Å². The summed E-state index contributed by atoms with van der Waals surface area (Å²) in [6.07, 6.45) is 53.8. The summed E-state index contributed by atoms with van der Waals surface area (Å²) in [6.45, 7) is 1.77. The fourth-order valence-electron chi connectivity index (χ4n) is 14.1. The maximum absolute atomic E-state index is 13.5. The standard InChI is InChI=1S/C83H153NO18/c1-3-5-7-9-11-13-15-17-19-21-23-25-27-29-31-33-35-37-39-41-43-45-47-49-51-53-55-57-59-61-71(89)84-66(67(88)60-58-56-54-52-50-48-46-44-42-40-38-36-34-32-30-28-26-24-22-20-18-16-14-12-10-8-6-4-2)65-97-81-77(95)74(92)79(69(63-86)99-81)102-83-78(96)75(93)80(70(64-87)100-83)101-82-76(94)73(91)72(90)68(62-85)98-82/h15,17,21,23,27,29,58,60,66-70,72-83,85-88,90-96H,3-14,16,18-20,22,24-26,28,30-57,59,61-65H2,1-2H3,(H,84,89)/b17-15-,23-21-,29-27-,60-58+. The highest BCUT2D eigenvalue weighted by molar-refractivity contribution is 5.76. The van der Waals surface area contributed by atoms with Crippen molar-refractivity contribution in [1.82, 2.24) is 5.32 Å². The topological polar surface area (TPSA) is 307 Å². The predicted molar refractivity (Wildman–Crippen MR) is 406 cm³/mol. The number of hydrogen-bond donors (Lipinski definition) is 12. The van der Waals surface area contributed by atoms with Crippen LogP contribution in [0, 0.1) is 0 Å². The van der Waals surface area contributed by atoms with Crippen LogP contribution >= 0.6 is 0 Å². The minimum atomic E-state index is -1.98. The Kier molecular flexibility index (Phi) is 58.6. The first kappa shape index (κ1) is 94.0. The number of carbonyl (C=O) groups excluding carboxylic acids is 1. The monoisotopic (exact) mass is 1450 g/mol. The van der Waals surface area contributed by atoms with Crippen molar-refractivity contribution in [3.63, 3.8) is 0 Å². The Labute approximate surface area is 618 Å². The Bertz CT molecular complexity index is 2030. The van der Waals surface area contributed by atoms with Crippen molar-refractivity contribution in [3.05, 3.63) is 48.6 Å². The van der Waals surface area contributed by atoms with Gasteiger partial charge in [-0.15, -0.1) is 0 Å². The number of aliphatic hydroxyl groups excluding tert-OH is 11. The molecule has 3 saturated heterocycles. The summed E-state index contributed by atoms with van der Waals surface area (Å²) in [5, 5.41) is 121. The second-order valence-corrected chi connectivity index (χ2v) is 29.9. The molecule has 3 aliphatic rings. The first-order valence-electron chi connectivity index (χ1n) is 41.9. The van der Waals surface area contributed by atoms with Crippen LogP contribution in [0.2, 0.25) is 0 Å². The van der Waals surface area contributed by atoms with Crippen molar-refractivity contribution < 1.29 is 89.4 Å². The molecule has 19 nitrogen and oxygen atoms in total. The Hall–Kier alpha value is -2.25. The number of amides is 1. The van der Waals surface area contributed by atoms with Gasteiger partial charge in [0.25, 0.3) is 0 Å². The van der Waals surface area contributed by atoms with Gasteiger partial charge in [-0.2, -0.15) is 0 Å². The summed E-state index contributed by atoms with van der Waals surface area (Å²) in [6, 6.07) is -0.976. The summed E-state index contributed by atoms with van der Waals surface area (Å²) < 4.78 is 34.5. The van der Waals surface area contributed by atoms with Gasteiger partial charge in [-0.05, 0) is 57.8 Å². The van der Waals surface area contributed by atoms with E-state index >= 15 is 0 Å². The van der Waals surface area contributed by atoms with Gasteiger partial charge in [0.1, 0.15) is 73.2 Å². The molecule has 3 aliphatic heterocycles. The van der Waals surface area contributed by atoms with Crippen LogP contribution in [0.25, 0.3) is 0 Å². The molecule has 0 bridgehead atoms. The molecule has 102 heavy (non-hydrogen) atoms. The molecule has 0 saturated carbocycles. The number of allylic oxidation sites excluding steroid dienone is 7. The summed E-state index contributed by atoms with van der Waals surface area (Å²) in [4.78, 5) is 13.5. The summed E-state index contributed by atoms with van der Waals surface area (Å²) in [7, 11) is 0. The van der Waals surface area contributed by atoms with Crippen LogP contribution in [0.1, 0.15) is 341 Å². The molecule has 3 heterocycles. The quantitative estimate of drug-likeness (QED) is 0.0199. The third-order valence-electron chi connectivity index (χ3n) is 20.9. The molecule has 598 valence electrons. The zero-order valence-corrected chi connectivity index (χ0v) is 64.1. The van der Waals surface area contributed by atoms with Gasteiger partial charge >= 0.3 is 0 Å². The van der Waals surface area contributed by atoms with Crippen LogP contribution in [-0.4, -0.2) is 193 Å². The van der Waals surface area contributed by atoms with Gasteiger partial charge in [0.05, 0.1) is 38.6 Å². The molecule has 0 aromatic rings. The zero-order valence-electron chi connectivity index (χ0n) is 64.1. The van der Waals surface area contributed by atoms with E-state index in [2.05, 4.69) is 55.6 Å². The van der Waals surface area contributed by atoms with Crippen molar-refractivity contribution in [2.24, 2.45) is 0 Å². The molecule has 3 fully saturated rings. The van der Waals surface area contributed by atoms with E-state index in [1.807, 2.05) is 6.08 Å².